The first kappa shape index (κ1) is 17.1. The topological polar surface area (TPSA) is 85.8 Å². The molecular formula is C15H27N5OS. The number of nitrogen functional groups attached to an aromatic ring is 1. The highest BCUT2D eigenvalue weighted by Gasteiger charge is 2.23. The van der Waals surface area contributed by atoms with Gasteiger partial charge in [-0.3, -0.25) is 4.79 Å². The van der Waals surface area contributed by atoms with Crippen molar-refractivity contribution in [3.05, 3.63) is 5.82 Å². The van der Waals surface area contributed by atoms with Crippen LogP contribution in [0.3, 0.4) is 0 Å². The zero-order chi connectivity index (χ0) is 16.2. The number of nitrogens with two attached hydrogens (primary N) is 1. The van der Waals surface area contributed by atoms with E-state index < -0.39 is 0 Å². The van der Waals surface area contributed by atoms with Crippen molar-refractivity contribution in [2.75, 3.05) is 11.6 Å². The maximum absolute atomic E-state index is 12.0. The first-order valence-corrected chi connectivity index (χ1v) is 8.99. The summed E-state index contributed by atoms with van der Waals surface area (Å²) in [4.78, 5) is 12.0. The number of carbonyl (C=O) groups excluding carboxylic acids is 1. The van der Waals surface area contributed by atoms with Gasteiger partial charge in [0.1, 0.15) is 0 Å². The molecule has 0 bridgehead atoms. The number of aromatic nitrogens is 3. The molecular weight excluding hydrogens is 298 g/mol. The van der Waals surface area contributed by atoms with Crippen molar-refractivity contribution in [1.29, 1.82) is 0 Å². The molecule has 7 heteroatoms. The number of nitrogens with zero attached hydrogens (tertiary/aromatic N) is 3. The summed E-state index contributed by atoms with van der Waals surface area (Å²) in [6.45, 7) is 6.14. The van der Waals surface area contributed by atoms with Gasteiger partial charge in [-0.1, -0.05) is 51.8 Å². The standard InChI is InChI=1S/C15H27N5OS/c1-15(2,3)13-18-19-14(20(13)16)22-10-9-12(21)17-11-7-5-4-6-8-11/h11H,4-10,16H2,1-3H3,(H,17,21). The average Bonchev–Trinajstić information content (AvgIpc) is 2.81. The molecule has 124 valence electrons. The van der Waals surface area contributed by atoms with Crippen LogP contribution >= 0.6 is 11.8 Å². The lowest BCUT2D eigenvalue weighted by molar-refractivity contribution is -0.121. The lowest BCUT2D eigenvalue weighted by atomic mass is 9.95. The van der Waals surface area contributed by atoms with Crippen LogP contribution in [-0.4, -0.2) is 32.6 Å². The van der Waals surface area contributed by atoms with Crippen molar-refractivity contribution in [2.24, 2.45) is 0 Å². The molecule has 3 N–H and O–H groups in total. The molecule has 1 heterocycles. The van der Waals surface area contributed by atoms with E-state index in [9.17, 15) is 4.79 Å². The monoisotopic (exact) mass is 325 g/mol. The highest BCUT2D eigenvalue weighted by atomic mass is 32.2. The van der Waals surface area contributed by atoms with Crippen molar-refractivity contribution in [2.45, 2.75) is 75.9 Å². The number of amides is 1. The number of hydrogen-bond acceptors (Lipinski definition) is 5. The van der Waals surface area contributed by atoms with Crippen molar-refractivity contribution < 1.29 is 4.79 Å². The third kappa shape index (κ3) is 4.63. The van der Waals surface area contributed by atoms with Crippen LogP contribution < -0.4 is 11.2 Å². The molecule has 0 aliphatic heterocycles. The summed E-state index contributed by atoms with van der Waals surface area (Å²) >= 11 is 1.48. The number of hydrogen-bond donors (Lipinski definition) is 2. The van der Waals surface area contributed by atoms with Gasteiger partial charge in [0.25, 0.3) is 0 Å². The lowest BCUT2D eigenvalue weighted by Gasteiger charge is -2.22. The van der Waals surface area contributed by atoms with E-state index in [1.54, 1.807) is 0 Å². The molecule has 6 nitrogen and oxygen atoms in total. The first-order chi connectivity index (χ1) is 10.4. The van der Waals surface area contributed by atoms with Crippen molar-refractivity contribution in [3.63, 3.8) is 0 Å². The van der Waals surface area contributed by atoms with Crippen molar-refractivity contribution in [1.82, 2.24) is 20.2 Å². The molecule has 1 aliphatic rings. The molecule has 0 atom stereocenters. The molecule has 1 aromatic heterocycles. The maximum Gasteiger partial charge on any atom is 0.221 e. The fourth-order valence-corrected chi connectivity index (χ4v) is 3.46. The fourth-order valence-electron chi connectivity index (χ4n) is 2.67. The molecule has 1 fully saturated rings. The summed E-state index contributed by atoms with van der Waals surface area (Å²) < 4.78 is 1.53. The Morgan fingerprint density at radius 1 is 1.32 bits per heavy atom. The van der Waals surface area contributed by atoms with E-state index in [1.807, 2.05) is 20.8 Å². The van der Waals surface area contributed by atoms with Gasteiger partial charge in [-0.2, -0.15) is 0 Å². The minimum atomic E-state index is -0.140. The van der Waals surface area contributed by atoms with Gasteiger partial charge in [0.15, 0.2) is 5.82 Å². The van der Waals surface area contributed by atoms with Gasteiger partial charge in [-0.25, -0.2) is 4.68 Å². The first-order valence-electron chi connectivity index (χ1n) is 8.01. The largest absolute Gasteiger partial charge is 0.353 e. The Balaban J connectivity index is 1.76. The number of nitrogens with one attached hydrogen (secondary N) is 1. The van der Waals surface area contributed by atoms with Gasteiger partial charge < -0.3 is 11.2 Å². The Labute approximate surface area is 136 Å². The summed E-state index contributed by atoms with van der Waals surface area (Å²) in [5.74, 6) is 7.57. The molecule has 22 heavy (non-hydrogen) atoms. The zero-order valence-corrected chi connectivity index (χ0v) is 14.6. The van der Waals surface area contributed by atoms with E-state index in [-0.39, 0.29) is 11.3 Å². The lowest BCUT2D eigenvalue weighted by Crippen LogP contribution is -2.36. The van der Waals surface area contributed by atoms with E-state index in [2.05, 4.69) is 15.5 Å². The van der Waals surface area contributed by atoms with Crippen LogP contribution in [-0.2, 0) is 10.2 Å². The predicted octanol–water partition coefficient (Wildman–Crippen LogP) is 2.22. The molecule has 0 unspecified atom stereocenters. The Morgan fingerprint density at radius 2 is 2.00 bits per heavy atom. The molecule has 0 aromatic carbocycles. The Morgan fingerprint density at radius 3 is 2.59 bits per heavy atom. The van der Waals surface area contributed by atoms with Crippen molar-refractivity contribution >= 4 is 17.7 Å². The summed E-state index contributed by atoms with van der Waals surface area (Å²) in [6, 6.07) is 0.372. The maximum atomic E-state index is 12.0. The van der Waals surface area contributed by atoms with Crippen LogP contribution in [0.5, 0.6) is 0 Å². The van der Waals surface area contributed by atoms with E-state index in [0.717, 1.165) is 18.7 Å². The smallest absolute Gasteiger partial charge is 0.221 e. The Kier molecular flexibility index (Phi) is 5.72. The summed E-state index contributed by atoms with van der Waals surface area (Å²) in [7, 11) is 0. The summed E-state index contributed by atoms with van der Waals surface area (Å²) in [5.41, 5.74) is -0.140. The zero-order valence-electron chi connectivity index (χ0n) is 13.8. The molecule has 1 amide bonds. The molecule has 1 aromatic rings. The molecule has 2 rings (SSSR count). The second-order valence-corrected chi connectivity index (χ2v) is 7.99. The normalized spacial score (nSPS) is 16.7. The van der Waals surface area contributed by atoms with Gasteiger partial charge >= 0.3 is 0 Å². The summed E-state index contributed by atoms with van der Waals surface area (Å²) in [6.07, 6.45) is 6.47. The quantitative estimate of drug-likeness (QED) is 0.640. The molecule has 1 saturated carbocycles. The van der Waals surface area contributed by atoms with E-state index in [1.165, 1.54) is 35.7 Å². The van der Waals surface area contributed by atoms with Crippen LogP contribution in [0.1, 0.15) is 65.1 Å². The molecule has 1 aliphatic carbocycles. The van der Waals surface area contributed by atoms with E-state index >= 15 is 0 Å². The minimum Gasteiger partial charge on any atom is -0.353 e. The summed E-state index contributed by atoms with van der Waals surface area (Å²) in [5, 5.41) is 12.0. The van der Waals surface area contributed by atoms with Crippen LogP contribution in [0.25, 0.3) is 0 Å². The average molecular weight is 325 g/mol. The highest BCUT2D eigenvalue weighted by molar-refractivity contribution is 7.99. The van der Waals surface area contributed by atoms with Gasteiger partial charge in [0, 0.05) is 23.6 Å². The van der Waals surface area contributed by atoms with Crippen LogP contribution in [0.15, 0.2) is 5.16 Å². The van der Waals surface area contributed by atoms with E-state index in [0.29, 0.717) is 23.4 Å². The molecule has 0 radical (unpaired) electrons. The third-order valence-electron chi connectivity index (χ3n) is 3.87. The fraction of sp³-hybridized carbons (Fsp3) is 0.800. The Bertz CT molecular complexity index is 503. The minimum absolute atomic E-state index is 0.124. The van der Waals surface area contributed by atoms with Crippen LogP contribution in [0, 0.1) is 0 Å². The number of rotatable bonds is 5. The van der Waals surface area contributed by atoms with Crippen LogP contribution in [0.4, 0.5) is 0 Å². The molecule has 0 saturated heterocycles. The van der Waals surface area contributed by atoms with Gasteiger partial charge in [0.05, 0.1) is 0 Å². The Hall–Kier alpha value is -1.24. The highest BCUT2D eigenvalue weighted by Crippen LogP contribution is 2.23. The second kappa shape index (κ2) is 7.35. The van der Waals surface area contributed by atoms with Gasteiger partial charge in [0.2, 0.25) is 11.1 Å². The van der Waals surface area contributed by atoms with Crippen molar-refractivity contribution in [3.8, 4) is 0 Å². The SMILES string of the molecule is CC(C)(C)c1nnc(SCCC(=O)NC2CCCCC2)n1N. The van der Waals surface area contributed by atoms with E-state index in [4.69, 9.17) is 5.84 Å². The molecule has 0 spiro atoms. The van der Waals surface area contributed by atoms with Gasteiger partial charge in [-0.05, 0) is 12.8 Å². The number of thioether (sulfide) groups is 1. The van der Waals surface area contributed by atoms with Gasteiger partial charge in [-0.15, -0.1) is 10.2 Å². The second-order valence-electron chi connectivity index (χ2n) is 6.93. The third-order valence-corrected chi connectivity index (χ3v) is 4.81. The number of carbonyl (C=O) groups is 1. The predicted molar refractivity (Wildman–Crippen MR) is 89.2 cm³/mol. The van der Waals surface area contributed by atoms with Crippen LogP contribution in [0.2, 0.25) is 0 Å².